The topological polar surface area (TPSA) is 21.3 Å². The minimum absolute atomic E-state index is 0.591. The second-order valence-corrected chi connectivity index (χ2v) is 3.91. The van der Waals surface area contributed by atoms with Crippen molar-refractivity contribution in [2.45, 2.75) is 25.7 Å². The highest BCUT2D eigenvalue weighted by Gasteiger charge is 2.36. The van der Waals surface area contributed by atoms with Crippen LogP contribution in [0.5, 0.6) is 0 Å². The fourth-order valence-corrected chi connectivity index (χ4v) is 2.05. The Balaban J connectivity index is 1.86. The van der Waals surface area contributed by atoms with E-state index in [0.717, 1.165) is 19.8 Å². The standard InChI is InChI=1S/C9H17NO/c1-2-9(3-1)4-5-10-6-7-11-8-9/h10H,1-8H2. The predicted molar refractivity (Wildman–Crippen MR) is 44.6 cm³/mol. The maximum absolute atomic E-state index is 5.57. The zero-order valence-electron chi connectivity index (χ0n) is 7.07. The molecular formula is C9H17NO. The summed E-state index contributed by atoms with van der Waals surface area (Å²) >= 11 is 0. The van der Waals surface area contributed by atoms with Crippen molar-refractivity contribution in [3.8, 4) is 0 Å². The Hall–Kier alpha value is -0.0800. The van der Waals surface area contributed by atoms with Gasteiger partial charge in [-0.05, 0) is 31.2 Å². The number of rotatable bonds is 0. The third-order valence-electron chi connectivity index (χ3n) is 3.08. The molecule has 2 aliphatic rings. The van der Waals surface area contributed by atoms with Crippen LogP contribution < -0.4 is 5.32 Å². The van der Waals surface area contributed by atoms with Crippen LogP contribution in [0.2, 0.25) is 0 Å². The molecule has 2 heteroatoms. The molecular weight excluding hydrogens is 138 g/mol. The van der Waals surface area contributed by atoms with Gasteiger partial charge in [0.2, 0.25) is 0 Å². The minimum Gasteiger partial charge on any atom is -0.380 e. The zero-order chi connectivity index (χ0) is 7.57. The molecule has 0 aromatic rings. The monoisotopic (exact) mass is 155 g/mol. The number of hydrogen-bond acceptors (Lipinski definition) is 2. The molecule has 2 fully saturated rings. The van der Waals surface area contributed by atoms with E-state index in [1.807, 2.05) is 0 Å². The van der Waals surface area contributed by atoms with Crippen molar-refractivity contribution in [1.29, 1.82) is 0 Å². The Morgan fingerprint density at radius 1 is 1.09 bits per heavy atom. The van der Waals surface area contributed by atoms with E-state index in [4.69, 9.17) is 4.74 Å². The van der Waals surface area contributed by atoms with Gasteiger partial charge in [0.15, 0.2) is 0 Å². The van der Waals surface area contributed by atoms with Gasteiger partial charge in [-0.25, -0.2) is 0 Å². The minimum atomic E-state index is 0.591. The molecule has 1 saturated carbocycles. The van der Waals surface area contributed by atoms with Crippen LogP contribution in [0.25, 0.3) is 0 Å². The molecule has 0 atom stereocenters. The van der Waals surface area contributed by atoms with Gasteiger partial charge < -0.3 is 10.1 Å². The highest BCUT2D eigenvalue weighted by atomic mass is 16.5. The molecule has 0 aromatic carbocycles. The fourth-order valence-electron chi connectivity index (χ4n) is 2.05. The van der Waals surface area contributed by atoms with Gasteiger partial charge in [-0.3, -0.25) is 0 Å². The van der Waals surface area contributed by atoms with E-state index in [0.29, 0.717) is 5.41 Å². The summed E-state index contributed by atoms with van der Waals surface area (Å²) in [7, 11) is 0. The SMILES string of the molecule is C1CC2(C1)CCNCCOC2. The molecule has 1 aliphatic carbocycles. The predicted octanol–water partition coefficient (Wildman–Crippen LogP) is 1.17. The summed E-state index contributed by atoms with van der Waals surface area (Å²) in [6.07, 6.45) is 5.54. The summed E-state index contributed by atoms with van der Waals surface area (Å²) in [5.74, 6) is 0. The first kappa shape index (κ1) is 7.56. The Morgan fingerprint density at radius 3 is 2.73 bits per heavy atom. The number of nitrogens with one attached hydrogen (secondary N) is 1. The highest BCUT2D eigenvalue weighted by molar-refractivity contribution is 4.88. The Morgan fingerprint density at radius 2 is 2.00 bits per heavy atom. The Bertz CT molecular complexity index is 122. The van der Waals surface area contributed by atoms with Crippen molar-refractivity contribution in [3.05, 3.63) is 0 Å². The lowest BCUT2D eigenvalue weighted by Crippen LogP contribution is -2.40. The largest absolute Gasteiger partial charge is 0.380 e. The molecule has 1 saturated heterocycles. The van der Waals surface area contributed by atoms with Gasteiger partial charge in [-0.1, -0.05) is 6.42 Å². The van der Waals surface area contributed by atoms with Crippen LogP contribution in [0.15, 0.2) is 0 Å². The second-order valence-electron chi connectivity index (χ2n) is 3.91. The van der Waals surface area contributed by atoms with Crippen molar-refractivity contribution < 1.29 is 4.74 Å². The van der Waals surface area contributed by atoms with E-state index < -0.39 is 0 Å². The molecule has 1 heterocycles. The summed E-state index contributed by atoms with van der Waals surface area (Å²) < 4.78 is 5.57. The quantitative estimate of drug-likeness (QED) is 0.567. The van der Waals surface area contributed by atoms with Crippen molar-refractivity contribution in [2.75, 3.05) is 26.3 Å². The van der Waals surface area contributed by atoms with Gasteiger partial charge in [0.25, 0.3) is 0 Å². The Labute approximate surface area is 68.3 Å². The average Bonchev–Trinajstić information content (AvgIpc) is 1.82. The van der Waals surface area contributed by atoms with E-state index in [2.05, 4.69) is 5.32 Å². The van der Waals surface area contributed by atoms with Gasteiger partial charge >= 0.3 is 0 Å². The normalized spacial score (nSPS) is 30.5. The maximum atomic E-state index is 5.57. The van der Waals surface area contributed by atoms with Crippen molar-refractivity contribution in [2.24, 2.45) is 5.41 Å². The van der Waals surface area contributed by atoms with Crippen LogP contribution in [0.1, 0.15) is 25.7 Å². The van der Waals surface area contributed by atoms with E-state index in [1.165, 1.54) is 32.2 Å². The molecule has 1 N–H and O–H groups in total. The molecule has 0 amide bonds. The molecule has 1 aliphatic heterocycles. The van der Waals surface area contributed by atoms with Gasteiger partial charge in [-0.2, -0.15) is 0 Å². The summed E-state index contributed by atoms with van der Waals surface area (Å²) in [6.45, 7) is 4.16. The molecule has 2 nitrogen and oxygen atoms in total. The lowest BCUT2D eigenvalue weighted by atomic mass is 9.67. The summed E-state index contributed by atoms with van der Waals surface area (Å²) in [4.78, 5) is 0. The lowest BCUT2D eigenvalue weighted by molar-refractivity contribution is -0.0199. The van der Waals surface area contributed by atoms with E-state index in [1.54, 1.807) is 0 Å². The third kappa shape index (κ3) is 1.57. The van der Waals surface area contributed by atoms with Crippen molar-refractivity contribution >= 4 is 0 Å². The third-order valence-corrected chi connectivity index (χ3v) is 3.08. The van der Waals surface area contributed by atoms with Crippen LogP contribution >= 0.6 is 0 Å². The molecule has 0 radical (unpaired) electrons. The van der Waals surface area contributed by atoms with Gasteiger partial charge in [0, 0.05) is 6.54 Å². The molecule has 0 bridgehead atoms. The first-order valence-corrected chi connectivity index (χ1v) is 4.70. The van der Waals surface area contributed by atoms with E-state index >= 15 is 0 Å². The van der Waals surface area contributed by atoms with Crippen LogP contribution in [0.4, 0.5) is 0 Å². The van der Waals surface area contributed by atoms with Gasteiger partial charge in [0.05, 0.1) is 13.2 Å². The summed E-state index contributed by atoms with van der Waals surface area (Å²) in [5, 5.41) is 3.39. The lowest BCUT2D eigenvalue weighted by Gasteiger charge is -2.42. The van der Waals surface area contributed by atoms with Crippen LogP contribution in [0, 0.1) is 5.41 Å². The number of hydrogen-bond donors (Lipinski definition) is 1. The van der Waals surface area contributed by atoms with E-state index in [9.17, 15) is 0 Å². The number of ether oxygens (including phenoxy) is 1. The molecule has 0 unspecified atom stereocenters. The average molecular weight is 155 g/mol. The van der Waals surface area contributed by atoms with Gasteiger partial charge in [0.1, 0.15) is 0 Å². The van der Waals surface area contributed by atoms with Crippen molar-refractivity contribution in [3.63, 3.8) is 0 Å². The second kappa shape index (κ2) is 3.11. The Kier molecular flexibility index (Phi) is 2.14. The smallest absolute Gasteiger partial charge is 0.0591 e. The first-order valence-electron chi connectivity index (χ1n) is 4.70. The fraction of sp³-hybridized carbons (Fsp3) is 1.00. The molecule has 64 valence electrons. The molecule has 11 heavy (non-hydrogen) atoms. The van der Waals surface area contributed by atoms with Crippen molar-refractivity contribution in [1.82, 2.24) is 5.32 Å². The molecule has 0 aromatic heterocycles. The maximum Gasteiger partial charge on any atom is 0.0591 e. The summed E-state index contributed by atoms with van der Waals surface area (Å²) in [5.41, 5.74) is 0.591. The van der Waals surface area contributed by atoms with Crippen LogP contribution in [-0.2, 0) is 4.74 Å². The zero-order valence-corrected chi connectivity index (χ0v) is 7.07. The van der Waals surface area contributed by atoms with Crippen LogP contribution in [-0.4, -0.2) is 26.3 Å². The van der Waals surface area contributed by atoms with Crippen LogP contribution in [0.3, 0.4) is 0 Å². The molecule has 2 rings (SSSR count). The van der Waals surface area contributed by atoms with Gasteiger partial charge in [-0.15, -0.1) is 0 Å². The summed E-state index contributed by atoms with van der Waals surface area (Å²) in [6, 6.07) is 0. The van der Waals surface area contributed by atoms with E-state index in [-0.39, 0.29) is 0 Å². The molecule has 1 spiro atoms. The highest BCUT2D eigenvalue weighted by Crippen LogP contribution is 2.44. The first-order chi connectivity index (χ1) is 5.41.